The second kappa shape index (κ2) is 5.37. The summed E-state index contributed by atoms with van der Waals surface area (Å²) >= 11 is 0. The molecular weight excluding hydrogens is 170 g/mol. The number of hydrogen-bond donors (Lipinski definition) is 0. The fourth-order valence-electron chi connectivity index (χ4n) is 0.832. The smallest absolute Gasteiger partial charge is 0.141 e. The van der Waals surface area contributed by atoms with Crippen molar-refractivity contribution >= 4 is 0 Å². The van der Waals surface area contributed by atoms with Crippen LogP contribution in [0, 0.1) is 0 Å². The number of pyridine rings is 1. The minimum absolute atomic E-state index is 0.519. The molecule has 0 saturated carbocycles. The highest BCUT2D eigenvalue weighted by atomic mass is 16.5. The Balaban J connectivity index is 2.46. The average molecular weight is 183 g/mol. The molecule has 0 spiro atoms. The standard InChI is InChI=1S/C9H13NO3/c1-11-3-4-13-9-5-8(12-2)6-10-7-9/h5-7H,3-4H2,1-2H3. The fourth-order valence-corrected chi connectivity index (χ4v) is 0.832. The highest BCUT2D eigenvalue weighted by molar-refractivity contribution is 5.27. The lowest BCUT2D eigenvalue weighted by Crippen LogP contribution is -2.04. The van der Waals surface area contributed by atoms with Crippen LogP contribution in [0.25, 0.3) is 0 Å². The predicted octanol–water partition coefficient (Wildman–Crippen LogP) is 1.12. The van der Waals surface area contributed by atoms with Crippen LogP contribution in [0.4, 0.5) is 0 Å². The van der Waals surface area contributed by atoms with Gasteiger partial charge in [-0.05, 0) is 0 Å². The van der Waals surface area contributed by atoms with Crippen LogP contribution in [0.15, 0.2) is 18.5 Å². The molecule has 0 fully saturated rings. The van der Waals surface area contributed by atoms with E-state index in [0.717, 1.165) is 0 Å². The lowest BCUT2D eigenvalue weighted by atomic mass is 10.4. The van der Waals surface area contributed by atoms with Crippen LogP contribution in [-0.4, -0.2) is 32.4 Å². The molecule has 1 rings (SSSR count). The van der Waals surface area contributed by atoms with Gasteiger partial charge in [-0.2, -0.15) is 0 Å². The SMILES string of the molecule is COCCOc1cncc(OC)c1. The first kappa shape index (κ1) is 9.80. The molecular formula is C9H13NO3. The Bertz CT molecular complexity index is 252. The lowest BCUT2D eigenvalue weighted by Gasteiger charge is -2.05. The van der Waals surface area contributed by atoms with Crippen molar-refractivity contribution in [1.82, 2.24) is 4.98 Å². The highest BCUT2D eigenvalue weighted by Gasteiger charge is 1.96. The molecule has 4 nitrogen and oxygen atoms in total. The van der Waals surface area contributed by atoms with Crippen LogP contribution in [0.2, 0.25) is 0 Å². The van der Waals surface area contributed by atoms with Crippen LogP contribution >= 0.6 is 0 Å². The van der Waals surface area contributed by atoms with E-state index in [1.54, 1.807) is 32.7 Å². The first-order valence-electron chi connectivity index (χ1n) is 3.97. The predicted molar refractivity (Wildman–Crippen MR) is 48.2 cm³/mol. The van der Waals surface area contributed by atoms with Crippen molar-refractivity contribution in [3.05, 3.63) is 18.5 Å². The fraction of sp³-hybridized carbons (Fsp3) is 0.444. The molecule has 0 aromatic carbocycles. The first-order valence-corrected chi connectivity index (χ1v) is 3.97. The Labute approximate surface area is 77.5 Å². The van der Waals surface area contributed by atoms with Gasteiger partial charge in [0.15, 0.2) is 0 Å². The molecule has 0 unspecified atom stereocenters. The van der Waals surface area contributed by atoms with Crippen molar-refractivity contribution in [2.24, 2.45) is 0 Å². The Hall–Kier alpha value is -1.29. The maximum Gasteiger partial charge on any atom is 0.141 e. The van der Waals surface area contributed by atoms with E-state index in [1.165, 1.54) is 0 Å². The molecule has 1 aromatic rings. The summed E-state index contributed by atoms with van der Waals surface area (Å²) in [4.78, 5) is 3.94. The summed E-state index contributed by atoms with van der Waals surface area (Å²) in [5.74, 6) is 1.38. The maximum absolute atomic E-state index is 5.32. The maximum atomic E-state index is 5.32. The van der Waals surface area contributed by atoms with Crippen molar-refractivity contribution in [2.75, 3.05) is 27.4 Å². The van der Waals surface area contributed by atoms with Gasteiger partial charge in [-0.3, -0.25) is 4.98 Å². The number of methoxy groups -OCH3 is 2. The molecule has 0 amide bonds. The van der Waals surface area contributed by atoms with Gasteiger partial charge in [0, 0.05) is 13.2 Å². The Morgan fingerprint density at radius 2 is 1.92 bits per heavy atom. The van der Waals surface area contributed by atoms with Crippen molar-refractivity contribution < 1.29 is 14.2 Å². The summed E-state index contributed by atoms with van der Waals surface area (Å²) in [5.41, 5.74) is 0. The first-order chi connectivity index (χ1) is 6.36. The molecule has 0 bridgehead atoms. The average Bonchev–Trinajstić information content (AvgIpc) is 2.19. The lowest BCUT2D eigenvalue weighted by molar-refractivity contribution is 0.146. The van der Waals surface area contributed by atoms with E-state index in [9.17, 15) is 0 Å². The molecule has 1 aromatic heterocycles. The van der Waals surface area contributed by atoms with Gasteiger partial charge in [-0.25, -0.2) is 0 Å². The second-order valence-electron chi connectivity index (χ2n) is 2.40. The van der Waals surface area contributed by atoms with Gasteiger partial charge in [-0.1, -0.05) is 0 Å². The minimum Gasteiger partial charge on any atom is -0.495 e. The van der Waals surface area contributed by atoms with Crippen molar-refractivity contribution in [1.29, 1.82) is 0 Å². The second-order valence-corrected chi connectivity index (χ2v) is 2.40. The number of ether oxygens (including phenoxy) is 3. The van der Waals surface area contributed by atoms with E-state index in [2.05, 4.69) is 4.98 Å². The van der Waals surface area contributed by atoms with E-state index in [4.69, 9.17) is 14.2 Å². The van der Waals surface area contributed by atoms with Gasteiger partial charge >= 0.3 is 0 Å². The molecule has 0 saturated heterocycles. The molecule has 0 aliphatic rings. The van der Waals surface area contributed by atoms with Gasteiger partial charge in [0.1, 0.15) is 18.1 Å². The molecule has 0 aliphatic heterocycles. The number of aromatic nitrogens is 1. The number of hydrogen-bond acceptors (Lipinski definition) is 4. The zero-order valence-electron chi connectivity index (χ0n) is 7.82. The molecule has 0 atom stereocenters. The summed E-state index contributed by atoms with van der Waals surface area (Å²) in [6, 6.07) is 1.78. The Morgan fingerprint density at radius 3 is 2.62 bits per heavy atom. The third-order valence-corrected chi connectivity index (χ3v) is 1.48. The van der Waals surface area contributed by atoms with Crippen LogP contribution in [0.3, 0.4) is 0 Å². The van der Waals surface area contributed by atoms with Gasteiger partial charge < -0.3 is 14.2 Å². The highest BCUT2D eigenvalue weighted by Crippen LogP contribution is 2.16. The molecule has 4 heteroatoms. The van der Waals surface area contributed by atoms with E-state index in [1.807, 2.05) is 0 Å². The van der Waals surface area contributed by atoms with E-state index >= 15 is 0 Å². The van der Waals surface area contributed by atoms with Gasteiger partial charge in [-0.15, -0.1) is 0 Å². The summed E-state index contributed by atoms with van der Waals surface area (Å²) in [6.07, 6.45) is 3.27. The molecule has 1 heterocycles. The van der Waals surface area contributed by atoms with E-state index < -0.39 is 0 Å². The zero-order valence-corrected chi connectivity index (χ0v) is 7.82. The van der Waals surface area contributed by atoms with Crippen LogP contribution in [0.5, 0.6) is 11.5 Å². The monoisotopic (exact) mass is 183 g/mol. The quantitative estimate of drug-likeness (QED) is 0.641. The summed E-state index contributed by atoms with van der Waals surface area (Å²) in [5, 5.41) is 0. The summed E-state index contributed by atoms with van der Waals surface area (Å²) in [7, 11) is 3.23. The van der Waals surface area contributed by atoms with E-state index in [0.29, 0.717) is 24.7 Å². The van der Waals surface area contributed by atoms with Crippen LogP contribution < -0.4 is 9.47 Å². The van der Waals surface area contributed by atoms with Crippen molar-refractivity contribution in [3.63, 3.8) is 0 Å². The number of rotatable bonds is 5. The Kier molecular flexibility index (Phi) is 4.05. The normalized spacial score (nSPS) is 9.69. The van der Waals surface area contributed by atoms with Crippen molar-refractivity contribution in [3.8, 4) is 11.5 Å². The molecule has 0 radical (unpaired) electrons. The third-order valence-electron chi connectivity index (χ3n) is 1.48. The zero-order chi connectivity index (χ0) is 9.52. The molecule has 72 valence electrons. The minimum atomic E-state index is 0.519. The van der Waals surface area contributed by atoms with Crippen molar-refractivity contribution in [2.45, 2.75) is 0 Å². The van der Waals surface area contributed by atoms with Crippen LogP contribution in [0.1, 0.15) is 0 Å². The number of nitrogens with zero attached hydrogens (tertiary/aromatic N) is 1. The molecule has 0 N–H and O–H groups in total. The van der Waals surface area contributed by atoms with Crippen LogP contribution in [-0.2, 0) is 4.74 Å². The summed E-state index contributed by atoms with van der Waals surface area (Å²) in [6.45, 7) is 1.09. The van der Waals surface area contributed by atoms with Gasteiger partial charge in [0.05, 0.1) is 26.1 Å². The molecule has 13 heavy (non-hydrogen) atoms. The third kappa shape index (κ3) is 3.29. The summed E-state index contributed by atoms with van der Waals surface area (Å²) < 4.78 is 15.2. The topological polar surface area (TPSA) is 40.6 Å². The van der Waals surface area contributed by atoms with Gasteiger partial charge in [0.25, 0.3) is 0 Å². The Morgan fingerprint density at radius 1 is 1.15 bits per heavy atom. The molecule has 0 aliphatic carbocycles. The largest absolute Gasteiger partial charge is 0.495 e. The van der Waals surface area contributed by atoms with E-state index in [-0.39, 0.29) is 0 Å². The van der Waals surface area contributed by atoms with Gasteiger partial charge in [0.2, 0.25) is 0 Å².